The van der Waals surface area contributed by atoms with Crippen LogP contribution in [0.2, 0.25) is 0 Å². The van der Waals surface area contributed by atoms with E-state index >= 15 is 0 Å². The van der Waals surface area contributed by atoms with Crippen LogP contribution < -0.4 is 14.8 Å². The zero-order valence-corrected chi connectivity index (χ0v) is 8.38. The van der Waals surface area contributed by atoms with Crippen LogP contribution in [0.5, 0.6) is 11.5 Å². The third-order valence-electron chi connectivity index (χ3n) is 2.19. The predicted molar refractivity (Wildman–Crippen MR) is 54.6 cm³/mol. The monoisotopic (exact) mass is 193 g/mol. The predicted octanol–water partition coefficient (Wildman–Crippen LogP) is 1.91. The number of hydrogen-bond acceptors (Lipinski definition) is 3. The molecule has 1 aromatic rings. The Kier molecular flexibility index (Phi) is 2.89. The van der Waals surface area contributed by atoms with Gasteiger partial charge in [0.05, 0.1) is 0 Å². The fourth-order valence-corrected chi connectivity index (χ4v) is 1.46. The maximum absolute atomic E-state index is 5.30. The smallest absolute Gasteiger partial charge is 0.231 e. The number of ether oxygens (including phenoxy) is 2. The minimum Gasteiger partial charge on any atom is -0.454 e. The summed E-state index contributed by atoms with van der Waals surface area (Å²) < 4.78 is 10.5. The Morgan fingerprint density at radius 2 is 2.14 bits per heavy atom. The van der Waals surface area contributed by atoms with E-state index in [0.29, 0.717) is 6.79 Å². The van der Waals surface area contributed by atoms with Crippen molar-refractivity contribution in [3.63, 3.8) is 0 Å². The van der Waals surface area contributed by atoms with Gasteiger partial charge < -0.3 is 14.8 Å². The van der Waals surface area contributed by atoms with Crippen LogP contribution in [0.15, 0.2) is 18.2 Å². The Morgan fingerprint density at radius 3 is 3.00 bits per heavy atom. The van der Waals surface area contributed by atoms with E-state index in [1.807, 2.05) is 12.1 Å². The van der Waals surface area contributed by atoms with Crippen LogP contribution in [0.25, 0.3) is 0 Å². The number of rotatable bonds is 4. The summed E-state index contributed by atoms with van der Waals surface area (Å²) in [5, 5.41) is 3.35. The number of nitrogens with one attached hydrogen (secondary N) is 1. The molecule has 3 nitrogen and oxygen atoms in total. The Balaban J connectivity index is 1.98. The topological polar surface area (TPSA) is 30.5 Å². The molecule has 0 aliphatic carbocycles. The lowest BCUT2D eigenvalue weighted by atomic mass is 10.2. The minimum atomic E-state index is 0.348. The second kappa shape index (κ2) is 4.33. The van der Waals surface area contributed by atoms with Gasteiger partial charge in [-0.1, -0.05) is 13.0 Å². The Hall–Kier alpha value is -1.22. The molecule has 1 aromatic carbocycles. The van der Waals surface area contributed by atoms with Gasteiger partial charge in [0.15, 0.2) is 11.5 Å². The Morgan fingerprint density at radius 1 is 1.29 bits per heavy atom. The molecule has 2 rings (SSSR count). The van der Waals surface area contributed by atoms with Crippen molar-refractivity contribution in [1.29, 1.82) is 0 Å². The van der Waals surface area contributed by atoms with Gasteiger partial charge in [-0.3, -0.25) is 0 Å². The summed E-state index contributed by atoms with van der Waals surface area (Å²) >= 11 is 0. The maximum Gasteiger partial charge on any atom is 0.231 e. The fourth-order valence-electron chi connectivity index (χ4n) is 1.46. The van der Waals surface area contributed by atoms with Crippen molar-refractivity contribution in [2.45, 2.75) is 19.9 Å². The average Bonchev–Trinajstić information content (AvgIpc) is 2.65. The normalized spacial score (nSPS) is 13.2. The van der Waals surface area contributed by atoms with Gasteiger partial charge in [-0.15, -0.1) is 0 Å². The van der Waals surface area contributed by atoms with Crippen LogP contribution in [0.3, 0.4) is 0 Å². The van der Waals surface area contributed by atoms with E-state index in [4.69, 9.17) is 9.47 Å². The molecule has 0 fully saturated rings. The van der Waals surface area contributed by atoms with Crippen LogP contribution >= 0.6 is 0 Å². The van der Waals surface area contributed by atoms with Gasteiger partial charge >= 0.3 is 0 Å². The molecule has 0 spiro atoms. The SMILES string of the molecule is CCCNCc1ccc2c(c1)OCO2. The molecule has 1 N–H and O–H groups in total. The van der Waals surface area contributed by atoms with Crippen molar-refractivity contribution in [2.75, 3.05) is 13.3 Å². The molecular formula is C11H15NO2. The average molecular weight is 193 g/mol. The molecule has 1 heterocycles. The van der Waals surface area contributed by atoms with E-state index in [0.717, 1.165) is 31.0 Å². The minimum absolute atomic E-state index is 0.348. The number of fused-ring (bicyclic) bond motifs is 1. The summed E-state index contributed by atoms with van der Waals surface area (Å²) in [6.45, 7) is 4.45. The van der Waals surface area contributed by atoms with Crippen molar-refractivity contribution >= 4 is 0 Å². The lowest BCUT2D eigenvalue weighted by molar-refractivity contribution is 0.174. The molecule has 14 heavy (non-hydrogen) atoms. The highest BCUT2D eigenvalue weighted by molar-refractivity contribution is 5.44. The molecule has 0 radical (unpaired) electrons. The van der Waals surface area contributed by atoms with E-state index in [9.17, 15) is 0 Å². The maximum atomic E-state index is 5.30. The number of benzene rings is 1. The fraction of sp³-hybridized carbons (Fsp3) is 0.455. The Labute approximate surface area is 84.0 Å². The van der Waals surface area contributed by atoms with Crippen molar-refractivity contribution in [2.24, 2.45) is 0 Å². The molecule has 0 atom stereocenters. The molecule has 0 amide bonds. The first-order chi connectivity index (χ1) is 6.90. The van der Waals surface area contributed by atoms with Crippen LogP contribution in [-0.2, 0) is 6.54 Å². The second-order valence-electron chi connectivity index (χ2n) is 3.36. The lowest BCUT2D eigenvalue weighted by Gasteiger charge is -2.04. The quantitative estimate of drug-likeness (QED) is 0.741. The highest BCUT2D eigenvalue weighted by Gasteiger charge is 2.12. The standard InChI is InChI=1S/C11H15NO2/c1-2-5-12-7-9-3-4-10-11(6-9)14-8-13-10/h3-4,6,12H,2,5,7-8H2,1H3. The summed E-state index contributed by atoms with van der Waals surface area (Å²) in [7, 11) is 0. The summed E-state index contributed by atoms with van der Waals surface area (Å²) in [5.41, 5.74) is 1.24. The number of hydrogen-bond donors (Lipinski definition) is 1. The largest absolute Gasteiger partial charge is 0.454 e. The third kappa shape index (κ3) is 1.99. The molecule has 0 bridgehead atoms. The van der Waals surface area contributed by atoms with Gasteiger partial charge in [-0.2, -0.15) is 0 Å². The van der Waals surface area contributed by atoms with Gasteiger partial charge in [0.25, 0.3) is 0 Å². The van der Waals surface area contributed by atoms with E-state index in [1.54, 1.807) is 0 Å². The van der Waals surface area contributed by atoms with Crippen molar-refractivity contribution < 1.29 is 9.47 Å². The van der Waals surface area contributed by atoms with E-state index in [2.05, 4.69) is 18.3 Å². The first-order valence-electron chi connectivity index (χ1n) is 4.99. The Bertz CT molecular complexity index is 312. The zero-order valence-electron chi connectivity index (χ0n) is 8.38. The molecule has 0 saturated carbocycles. The van der Waals surface area contributed by atoms with Crippen molar-refractivity contribution in [3.05, 3.63) is 23.8 Å². The van der Waals surface area contributed by atoms with E-state index in [-0.39, 0.29) is 0 Å². The summed E-state index contributed by atoms with van der Waals surface area (Å²) in [6, 6.07) is 6.06. The highest BCUT2D eigenvalue weighted by Crippen LogP contribution is 2.32. The summed E-state index contributed by atoms with van der Waals surface area (Å²) in [4.78, 5) is 0. The van der Waals surface area contributed by atoms with E-state index in [1.165, 1.54) is 5.56 Å². The lowest BCUT2D eigenvalue weighted by Crippen LogP contribution is -2.13. The van der Waals surface area contributed by atoms with Gasteiger partial charge in [0.2, 0.25) is 6.79 Å². The van der Waals surface area contributed by atoms with Crippen LogP contribution in [0.1, 0.15) is 18.9 Å². The highest BCUT2D eigenvalue weighted by atomic mass is 16.7. The second-order valence-corrected chi connectivity index (χ2v) is 3.36. The molecule has 0 unspecified atom stereocenters. The molecule has 0 saturated heterocycles. The molecule has 3 heteroatoms. The van der Waals surface area contributed by atoms with Gasteiger partial charge in [0.1, 0.15) is 0 Å². The molecular weight excluding hydrogens is 178 g/mol. The van der Waals surface area contributed by atoms with Gasteiger partial charge in [-0.05, 0) is 30.7 Å². The van der Waals surface area contributed by atoms with Crippen molar-refractivity contribution in [1.82, 2.24) is 5.32 Å². The van der Waals surface area contributed by atoms with E-state index < -0.39 is 0 Å². The zero-order chi connectivity index (χ0) is 9.80. The third-order valence-corrected chi connectivity index (χ3v) is 2.19. The van der Waals surface area contributed by atoms with Crippen LogP contribution in [0, 0.1) is 0 Å². The van der Waals surface area contributed by atoms with Crippen LogP contribution in [-0.4, -0.2) is 13.3 Å². The molecule has 0 aromatic heterocycles. The molecule has 1 aliphatic rings. The first kappa shape index (κ1) is 9.34. The summed E-state index contributed by atoms with van der Waals surface area (Å²) in [5.74, 6) is 1.71. The van der Waals surface area contributed by atoms with Gasteiger partial charge in [-0.25, -0.2) is 0 Å². The van der Waals surface area contributed by atoms with Crippen molar-refractivity contribution in [3.8, 4) is 11.5 Å². The van der Waals surface area contributed by atoms with Gasteiger partial charge in [0, 0.05) is 6.54 Å². The molecule has 76 valence electrons. The first-order valence-corrected chi connectivity index (χ1v) is 4.99. The summed E-state index contributed by atoms with van der Waals surface area (Å²) in [6.07, 6.45) is 1.16. The molecule has 1 aliphatic heterocycles. The van der Waals surface area contributed by atoms with Crippen LogP contribution in [0.4, 0.5) is 0 Å².